The van der Waals surface area contributed by atoms with Gasteiger partial charge in [-0.15, -0.1) is 0 Å². The molecule has 1 amide bonds. The lowest BCUT2D eigenvalue weighted by Crippen LogP contribution is -2.50. The summed E-state index contributed by atoms with van der Waals surface area (Å²) >= 11 is 0. The average Bonchev–Trinajstić information content (AvgIpc) is 2.48. The lowest BCUT2D eigenvalue weighted by atomic mass is 10.1. The molecule has 1 aliphatic heterocycles. The number of carbonyl (C=O) groups is 1. The topological polar surface area (TPSA) is 67.6 Å². The molecule has 0 saturated carbocycles. The quantitative estimate of drug-likeness (QED) is 0.875. The molecule has 1 N–H and O–H groups in total. The number of rotatable bonds is 3. The van der Waals surface area contributed by atoms with Crippen molar-refractivity contribution in [1.82, 2.24) is 9.80 Å². The number of aliphatic hydroxyl groups is 1. The van der Waals surface area contributed by atoms with Gasteiger partial charge in [0.1, 0.15) is 6.10 Å². The Balaban J connectivity index is 1.85. The molecule has 1 fully saturated rings. The summed E-state index contributed by atoms with van der Waals surface area (Å²) in [5, 5.41) is 18.1. The Hall–Kier alpha value is -1.90. The van der Waals surface area contributed by atoms with Crippen molar-refractivity contribution >= 4 is 5.91 Å². The number of piperazine rings is 1. The van der Waals surface area contributed by atoms with Crippen LogP contribution in [0.3, 0.4) is 0 Å². The molecule has 1 atom stereocenters. The monoisotopic (exact) mass is 273 g/mol. The van der Waals surface area contributed by atoms with Gasteiger partial charge in [0.2, 0.25) is 0 Å². The van der Waals surface area contributed by atoms with Crippen LogP contribution in [0.1, 0.15) is 18.1 Å². The van der Waals surface area contributed by atoms with Gasteiger partial charge in [0.05, 0.1) is 11.6 Å². The lowest BCUT2D eigenvalue weighted by Gasteiger charge is -2.35. The molecule has 5 heteroatoms. The maximum Gasteiger partial charge on any atom is 0.251 e. The minimum absolute atomic E-state index is 0.192. The molecule has 1 heterocycles. The second-order valence-electron chi connectivity index (χ2n) is 5.09. The number of benzene rings is 1. The summed E-state index contributed by atoms with van der Waals surface area (Å²) in [5.74, 6) is -0.192. The van der Waals surface area contributed by atoms with E-state index >= 15 is 0 Å². The molecule has 0 aliphatic carbocycles. The van der Waals surface area contributed by atoms with Crippen LogP contribution < -0.4 is 0 Å². The standard InChI is InChI=1S/C15H19N3O2/c1-12(19)15(20)18-8-6-17(7-9-18)11-14-4-2-13(10-16)3-5-14/h2-5,12,19H,6-9,11H2,1H3. The van der Waals surface area contributed by atoms with E-state index in [1.807, 2.05) is 24.3 Å². The number of aliphatic hydroxyl groups excluding tert-OH is 1. The summed E-state index contributed by atoms with van der Waals surface area (Å²) in [6.45, 7) is 5.24. The predicted octanol–water partition coefficient (Wildman–Crippen LogP) is 0.583. The summed E-state index contributed by atoms with van der Waals surface area (Å²) in [4.78, 5) is 15.6. The number of carbonyl (C=O) groups excluding carboxylic acids is 1. The zero-order valence-corrected chi connectivity index (χ0v) is 11.6. The average molecular weight is 273 g/mol. The second-order valence-corrected chi connectivity index (χ2v) is 5.09. The minimum atomic E-state index is -0.917. The van der Waals surface area contributed by atoms with Crippen molar-refractivity contribution in [2.24, 2.45) is 0 Å². The number of nitriles is 1. The van der Waals surface area contributed by atoms with Gasteiger partial charge in [-0.1, -0.05) is 12.1 Å². The molecule has 1 aromatic rings. The molecule has 0 spiro atoms. The van der Waals surface area contributed by atoms with Crippen molar-refractivity contribution in [3.05, 3.63) is 35.4 Å². The molecule has 5 nitrogen and oxygen atoms in total. The Bertz CT molecular complexity index is 497. The molecular weight excluding hydrogens is 254 g/mol. The van der Waals surface area contributed by atoms with Crippen LogP contribution in [0.4, 0.5) is 0 Å². The summed E-state index contributed by atoms with van der Waals surface area (Å²) in [6, 6.07) is 9.68. The Kier molecular flexibility index (Phi) is 4.72. The normalized spacial score (nSPS) is 17.6. The lowest BCUT2D eigenvalue weighted by molar-refractivity contribution is -0.141. The van der Waals surface area contributed by atoms with E-state index < -0.39 is 6.10 Å². The van der Waals surface area contributed by atoms with Gasteiger partial charge in [-0.05, 0) is 24.6 Å². The van der Waals surface area contributed by atoms with Crippen LogP contribution in [-0.4, -0.2) is 53.1 Å². The Morgan fingerprint density at radius 3 is 2.40 bits per heavy atom. The fourth-order valence-corrected chi connectivity index (χ4v) is 2.33. The third kappa shape index (κ3) is 3.56. The summed E-state index contributed by atoms with van der Waals surface area (Å²) in [6.07, 6.45) is -0.917. The third-order valence-electron chi connectivity index (χ3n) is 3.53. The van der Waals surface area contributed by atoms with E-state index in [0.29, 0.717) is 18.7 Å². The van der Waals surface area contributed by atoms with Crippen molar-refractivity contribution in [3.8, 4) is 6.07 Å². The first-order valence-electron chi connectivity index (χ1n) is 6.78. The first-order chi connectivity index (χ1) is 9.60. The van der Waals surface area contributed by atoms with Crippen molar-refractivity contribution in [2.45, 2.75) is 19.6 Å². The molecule has 2 rings (SSSR count). The largest absolute Gasteiger partial charge is 0.384 e. The number of amides is 1. The van der Waals surface area contributed by atoms with Gasteiger partial charge >= 0.3 is 0 Å². The second kappa shape index (κ2) is 6.51. The zero-order chi connectivity index (χ0) is 14.5. The molecule has 1 unspecified atom stereocenters. The maximum atomic E-state index is 11.7. The molecular formula is C15H19N3O2. The first kappa shape index (κ1) is 14.5. The van der Waals surface area contributed by atoms with Crippen LogP contribution in [0, 0.1) is 11.3 Å². The Labute approximate surface area is 119 Å². The van der Waals surface area contributed by atoms with Crippen molar-refractivity contribution in [1.29, 1.82) is 5.26 Å². The van der Waals surface area contributed by atoms with Crippen LogP contribution in [0.25, 0.3) is 0 Å². The van der Waals surface area contributed by atoms with E-state index in [1.54, 1.807) is 4.90 Å². The molecule has 20 heavy (non-hydrogen) atoms. The van der Waals surface area contributed by atoms with Crippen molar-refractivity contribution < 1.29 is 9.90 Å². The number of hydrogen-bond donors (Lipinski definition) is 1. The van der Waals surface area contributed by atoms with Gasteiger partial charge in [-0.2, -0.15) is 5.26 Å². The molecule has 1 aromatic carbocycles. The zero-order valence-electron chi connectivity index (χ0n) is 11.6. The SMILES string of the molecule is CC(O)C(=O)N1CCN(Cc2ccc(C#N)cc2)CC1. The van der Waals surface area contributed by atoms with E-state index in [4.69, 9.17) is 5.26 Å². The first-order valence-corrected chi connectivity index (χ1v) is 6.78. The van der Waals surface area contributed by atoms with E-state index in [-0.39, 0.29) is 5.91 Å². The van der Waals surface area contributed by atoms with Gasteiger partial charge in [0.25, 0.3) is 5.91 Å². The van der Waals surface area contributed by atoms with E-state index in [0.717, 1.165) is 19.6 Å². The van der Waals surface area contributed by atoms with Crippen molar-refractivity contribution in [2.75, 3.05) is 26.2 Å². The maximum absolute atomic E-state index is 11.7. The predicted molar refractivity (Wildman–Crippen MR) is 74.7 cm³/mol. The van der Waals surface area contributed by atoms with E-state index in [2.05, 4.69) is 11.0 Å². The smallest absolute Gasteiger partial charge is 0.251 e. The highest BCUT2D eigenvalue weighted by Gasteiger charge is 2.23. The number of nitrogens with zero attached hydrogens (tertiary/aromatic N) is 3. The van der Waals surface area contributed by atoms with E-state index in [1.165, 1.54) is 12.5 Å². The van der Waals surface area contributed by atoms with Gasteiger partial charge in [-0.25, -0.2) is 0 Å². The highest BCUT2D eigenvalue weighted by molar-refractivity contribution is 5.80. The highest BCUT2D eigenvalue weighted by Crippen LogP contribution is 2.10. The van der Waals surface area contributed by atoms with Crippen molar-refractivity contribution in [3.63, 3.8) is 0 Å². The molecule has 106 valence electrons. The van der Waals surface area contributed by atoms with Crippen LogP contribution in [0.5, 0.6) is 0 Å². The summed E-state index contributed by atoms with van der Waals surface area (Å²) in [5.41, 5.74) is 1.83. The highest BCUT2D eigenvalue weighted by atomic mass is 16.3. The third-order valence-corrected chi connectivity index (χ3v) is 3.53. The minimum Gasteiger partial charge on any atom is -0.384 e. The van der Waals surface area contributed by atoms with Crippen LogP contribution >= 0.6 is 0 Å². The molecule has 0 radical (unpaired) electrons. The molecule has 1 aliphatic rings. The molecule has 1 saturated heterocycles. The van der Waals surface area contributed by atoms with Gasteiger partial charge < -0.3 is 10.0 Å². The van der Waals surface area contributed by atoms with Crippen LogP contribution in [-0.2, 0) is 11.3 Å². The van der Waals surface area contributed by atoms with Gasteiger partial charge in [-0.3, -0.25) is 9.69 Å². The number of hydrogen-bond acceptors (Lipinski definition) is 4. The Morgan fingerprint density at radius 2 is 1.90 bits per heavy atom. The Morgan fingerprint density at radius 1 is 1.30 bits per heavy atom. The van der Waals surface area contributed by atoms with E-state index in [9.17, 15) is 9.90 Å². The fourth-order valence-electron chi connectivity index (χ4n) is 2.33. The van der Waals surface area contributed by atoms with Crippen LogP contribution in [0.15, 0.2) is 24.3 Å². The van der Waals surface area contributed by atoms with Gasteiger partial charge in [0, 0.05) is 32.7 Å². The molecule has 0 bridgehead atoms. The summed E-state index contributed by atoms with van der Waals surface area (Å²) in [7, 11) is 0. The fraction of sp³-hybridized carbons (Fsp3) is 0.467. The molecule has 0 aromatic heterocycles. The summed E-state index contributed by atoms with van der Waals surface area (Å²) < 4.78 is 0. The van der Waals surface area contributed by atoms with Crippen LogP contribution in [0.2, 0.25) is 0 Å². The van der Waals surface area contributed by atoms with Gasteiger partial charge in [0.15, 0.2) is 0 Å².